The second kappa shape index (κ2) is 28.3. The SMILES string of the molecule is N#Cc1ccc2c3c(cccc13)-c1cc3c4ccccc4n(-c4cc(-c5ccccc5)nc(-c5ccc(-c6cc7c(c8c6c6ccccc6n8-c6nc(-c8ccccc8)nc(-c8cccc(-c9cccc(-c%10nc(-c%11ccc%12ccccc%12c%11)nc(-n%11c%12ccccc%12c%12cc%13c(cc%12%11)-c%11cccc%12cccc(c%11%12)O%13)n%10)c9)c8)n6)Oc6cccc8cccc-7c68)cc5)c4)c3cc1O2. The molecule has 0 atom stereocenters. The molecular formula is C118H65N11O3. The Kier molecular flexibility index (Phi) is 15.7. The predicted octanol–water partition coefficient (Wildman–Crippen LogP) is 29.9. The summed E-state index contributed by atoms with van der Waals surface area (Å²) in [5.74, 6) is 7.45. The molecule has 25 aromatic rings. The van der Waals surface area contributed by atoms with Gasteiger partial charge in [0.2, 0.25) is 11.9 Å². The van der Waals surface area contributed by atoms with Gasteiger partial charge in [-0.25, -0.2) is 15.0 Å². The maximum absolute atomic E-state index is 10.2. The topological polar surface area (TPSA) is 156 Å². The number of hydrogen-bond acceptors (Lipinski definition) is 11. The van der Waals surface area contributed by atoms with E-state index in [0.29, 0.717) is 46.5 Å². The van der Waals surface area contributed by atoms with Crippen molar-refractivity contribution in [3.8, 4) is 182 Å². The Morgan fingerprint density at radius 2 is 0.674 bits per heavy atom. The fourth-order valence-electron chi connectivity index (χ4n) is 20.7. The van der Waals surface area contributed by atoms with Crippen LogP contribution in [-0.4, -0.2) is 48.6 Å². The van der Waals surface area contributed by atoms with Gasteiger partial charge in [-0.05, 0) is 158 Å². The number of pyridine rings is 1. The van der Waals surface area contributed by atoms with E-state index in [-0.39, 0.29) is 0 Å². The van der Waals surface area contributed by atoms with Crippen molar-refractivity contribution >= 4 is 109 Å². The standard InChI is InChI=1S/C118H65N11O3/c119-66-80-54-55-104-109-82(80)39-21-42-86(109)92-62-90-83-36-9-12-43-97(83)127(101(90)65-106(92)131-104)81-59-95(69-23-3-1-4-24-69)120-96(60-81)70-51-49-68(50-52-70)89-61-94-87-41-18-29-72-31-20-47-103(108(72)87)132-112(94)111-110(89)88-38-11-14-45-99(88)129(111)118-123-113(73-25-5-2-6-26-73)121-114(126-118)77-34-15-32-75(57-77)76-33-16-35-78(58-76)115-122-116(79-53-48-67-22-7-8-27-74(67)56-79)125-117(124-115)128-98-44-13-10-37-84(98)91-64-105-93(63-100(91)128)85-40-17-28-71-30-19-46-102(130-105)107(71)85/h1-65H. The van der Waals surface area contributed by atoms with Crippen LogP contribution in [0.1, 0.15) is 5.56 Å². The quantitative estimate of drug-likeness (QED) is 0.121. The molecule has 9 heterocycles. The molecule has 132 heavy (non-hydrogen) atoms. The minimum Gasteiger partial charge on any atom is -0.456 e. The zero-order valence-electron chi connectivity index (χ0n) is 70.2. The molecule has 6 aromatic heterocycles. The highest BCUT2D eigenvalue weighted by atomic mass is 16.5. The van der Waals surface area contributed by atoms with Crippen LogP contribution in [-0.2, 0) is 0 Å². The number of aromatic nitrogens is 10. The van der Waals surface area contributed by atoms with E-state index in [2.05, 4.69) is 366 Å². The second-order valence-electron chi connectivity index (χ2n) is 34.1. The van der Waals surface area contributed by atoms with Crippen molar-refractivity contribution in [1.29, 1.82) is 5.26 Å². The lowest BCUT2D eigenvalue weighted by Gasteiger charge is -2.24. The molecular weight excluding hydrogens is 1620 g/mol. The summed E-state index contributed by atoms with van der Waals surface area (Å²) in [6.45, 7) is 0. The molecule has 28 rings (SSSR count). The number of rotatable bonds is 11. The molecule has 0 amide bonds. The summed E-state index contributed by atoms with van der Waals surface area (Å²) in [5.41, 5.74) is 23.9. The van der Waals surface area contributed by atoms with E-state index in [1.807, 2.05) is 48.5 Å². The van der Waals surface area contributed by atoms with Gasteiger partial charge in [0.1, 0.15) is 34.3 Å². The number of fused-ring (bicyclic) bond motifs is 17. The third kappa shape index (κ3) is 11.2. The van der Waals surface area contributed by atoms with Crippen LogP contribution in [0, 0.1) is 11.3 Å². The van der Waals surface area contributed by atoms with Crippen LogP contribution in [0.4, 0.5) is 0 Å². The van der Waals surface area contributed by atoms with Gasteiger partial charge in [0.05, 0.1) is 56.3 Å². The van der Waals surface area contributed by atoms with Crippen LogP contribution < -0.4 is 14.2 Å². The molecule has 0 spiro atoms. The number of hydrogen-bond donors (Lipinski definition) is 0. The van der Waals surface area contributed by atoms with E-state index < -0.39 is 0 Å². The molecule has 3 aliphatic rings. The first kappa shape index (κ1) is 72.9. The highest BCUT2D eigenvalue weighted by molar-refractivity contribution is 6.22. The molecule has 0 N–H and O–H groups in total. The lowest BCUT2D eigenvalue weighted by molar-refractivity contribution is 0.487. The van der Waals surface area contributed by atoms with Gasteiger partial charge in [-0.2, -0.15) is 25.2 Å². The van der Waals surface area contributed by atoms with E-state index in [0.717, 1.165) is 243 Å². The van der Waals surface area contributed by atoms with Crippen molar-refractivity contribution in [3.63, 3.8) is 0 Å². The van der Waals surface area contributed by atoms with Crippen molar-refractivity contribution in [1.82, 2.24) is 48.6 Å². The maximum atomic E-state index is 10.2. The van der Waals surface area contributed by atoms with Gasteiger partial charge in [0.25, 0.3) is 0 Å². The van der Waals surface area contributed by atoms with E-state index in [1.54, 1.807) is 0 Å². The average molecular weight is 1680 g/mol. The lowest BCUT2D eigenvalue weighted by Crippen LogP contribution is -2.08. The largest absolute Gasteiger partial charge is 0.456 e. The van der Waals surface area contributed by atoms with Gasteiger partial charge >= 0.3 is 0 Å². The molecule has 0 fully saturated rings. The van der Waals surface area contributed by atoms with Crippen molar-refractivity contribution in [2.45, 2.75) is 0 Å². The van der Waals surface area contributed by atoms with E-state index in [4.69, 9.17) is 49.1 Å². The second-order valence-corrected chi connectivity index (χ2v) is 34.1. The van der Waals surface area contributed by atoms with E-state index >= 15 is 0 Å². The summed E-state index contributed by atoms with van der Waals surface area (Å²) >= 11 is 0. The van der Waals surface area contributed by atoms with Crippen LogP contribution in [0.3, 0.4) is 0 Å². The molecule has 610 valence electrons. The Balaban J connectivity index is 0.591. The van der Waals surface area contributed by atoms with Crippen molar-refractivity contribution in [2.75, 3.05) is 0 Å². The van der Waals surface area contributed by atoms with Crippen LogP contribution in [0.15, 0.2) is 394 Å². The molecule has 14 nitrogen and oxygen atoms in total. The summed E-state index contributed by atoms with van der Waals surface area (Å²) in [7, 11) is 0. The average Bonchev–Trinajstić information content (AvgIpc) is 1.58. The maximum Gasteiger partial charge on any atom is 0.238 e. The summed E-state index contributed by atoms with van der Waals surface area (Å²) < 4.78 is 27.9. The Bertz CT molecular complexity index is 9410. The van der Waals surface area contributed by atoms with E-state index in [9.17, 15) is 5.26 Å². The van der Waals surface area contributed by atoms with Gasteiger partial charge in [0, 0.05) is 110 Å². The Labute approximate surface area is 753 Å². The van der Waals surface area contributed by atoms with Crippen molar-refractivity contribution < 1.29 is 14.2 Å². The number of para-hydroxylation sites is 3. The minimum absolute atomic E-state index is 0.411. The summed E-state index contributed by atoms with van der Waals surface area (Å²) in [4.78, 5) is 38.7. The van der Waals surface area contributed by atoms with Crippen molar-refractivity contribution in [2.24, 2.45) is 0 Å². The number of nitrogens with zero attached hydrogens (tertiary/aromatic N) is 11. The summed E-state index contributed by atoms with van der Waals surface area (Å²) in [5, 5.41) is 24.7. The highest BCUT2D eigenvalue weighted by Gasteiger charge is 2.33. The molecule has 0 saturated heterocycles. The van der Waals surface area contributed by atoms with Gasteiger partial charge in [0.15, 0.2) is 29.0 Å². The smallest absolute Gasteiger partial charge is 0.238 e. The molecule has 0 saturated carbocycles. The van der Waals surface area contributed by atoms with Crippen molar-refractivity contribution in [3.05, 3.63) is 400 Å². The monoisotopic (exact) mass is 1680 g/mol. The molecule has 0 radical (unpaired) electrons. The predicted molar refractivity (Wildman–Crippen MR) is 529 cm³/mol. The first-order chi connectivity index (χ1) is 65.3. The summed E-state index contributed by atoms with van der Waals surface area (Å²) in [6.07, 6.45) is 0. The van der Waals surface area contributed by atoms with Crippen LogP contribution >= 0.6 is 0 Å². The number of nitriles is 1. The molecule has 19 aromatic carbocycles. The zero-order valence-corrected chi connectivity index (χ0v) is 70.2. The minimum atomic E-state index is 0.411. The fraction of sp³-hybridized carbons (Fsp3) is 0. The number of ether oxygens (including phenoxy) is 3. The Morgan fingerprint density at radius 3 is 1.34 bits per heavy atom. The third-order valence-corrected chi connectivity index (χ3v) is 26.7. The van der Waals surface area contributed by atoms with Crippen LogP contribution in [0.25, 0.3) is 250 Å². The molecule has 0 bridgehead atoms. The molecule has 0 aliphatic carbocycles. The zero-order chi connectivity index (χ0) is 86.5. The van der Waals surface area contributed by atoms with Gasteiger partial charge < -0.3 is 18.8 Å². The summed E-state index contributed by atoms with van der Waals surface area (Å²) in [6, 6.07) is 140. The fourth-order valence-corrected chi connectivity index (χ4v) is 20.7. The van der Waals surface area contributed by atoms with Crippen LogP contribution in [0.2, 0.25) is 0 Å². The first-order valence-corrected chi connectivity index (χ1v) is 44.1. The third-order valence-electron chi connectivity index (χ3n) is 26.7. The van der Waals surface area contributed by atoms with E-state index in [1.165, 1.54) is 0 Å². The lowest BCUT2D eigenvalue weighted by atomic mass is 9.89. The Hall–Kier alpha value is -18.3. The van der Waals surface area contributed by atoms with Crippen LogP contribution in [0.5, 0.6) is 34.5 Å². The Morgan fingerprint density at radius 1 is 0.220 bits per heavy atom. The normalized spacial score (nSPS) is 12.3. The van der Waals surface area contributed by atoms with Gasteiger partial charge in [-0.15, -0.1) is 0 Å². The van der Waals surface area contributed by atoms with Gasteiger partial charge in [-0.1, -0.05) is 291 Å². The molecule has 14 heteroatoms. The number of benzene rings is 19. The first-order valence-electron chi connectivity index (χ1n) is 44.1. The molecule has 3 aliphatic heterocycles. The van der Waals surface area contributed by atoms with Gasteiger partial charge in [-0.3, -0.25) is 9.13 Å². The molecule has 0 unspecified atom stereocenters. The highest BCUT2D eigenvalue weighted by Crippen LogP contribution is 2.57.